The Kier molecular flexibility index (Phi) is 5.21. The van der Waals surface area contributed by atoms with Crippen LogP contribution in [0, 0.1) is 6.92 Å². The maximum atomic E-state index is 11.4. The predicted octanol–water partition coefficient (Wildman–Crippen LogP) is 3.85. The van der Waals surface area contributed by atoms with Crippen molar-refractivity contribution in [2.24, 2.45) is 5.84 Å². The first-order valence-corrected chi connectivity index (χ1v) is 7.69. The molecule has 0 saturated heterocycles. The minimum Gasteiger partial charge on any atom is -0.488 e. The number of hydrogen-bond acceptors (Lipinski definition) is 4. The largest absolute Gasteiger partial charge is 0.488 e. The number of ketones is 1. The second-order valence-electron chi connectivity index (χ2n) is 5.17. The topological polar surface area (TPSA) is 55.6 Å². The van der Waals surface area contributed by atoms with E-state index in [0.29, 0.717) is 17.9 Å². The van der Waals surface area contributed by atoms with Gasteiger partial charge in [-0.25, -0.2) is 5.84 Å². The first kappa shape index (κ1) is 16.5. The van der Waals surface area contributed by atoms with Gasteiger partial charge >= 0.3 is 0 Å². The number of anilines is 1. The smallest absolute Gasteiger partial charge is 0.159 e. The molecule has 0 saturated carbocycles. The monoisotopic (exact) mass is 362 g/mol. The van der Waals surface area contributed by atoms with E-state index in [0.717, 1.165) is 21.3 Å². The third kappa shape index (κ3) is 3.67. The Balaban J connectivity index is 2.22. The second kappa shape index (κ2) is 6.94. The summed E-state index contributed by atoms with van der Waals surface area (Å²) in [4.78, 5) is 11.4. The Morgan fingerprint density at radius 3 is 2.64 bits per heavy atom. The summed E-state index contributed by atoms with van der Waals surface area (Å²) in [7, 11) is 1.80. The quantitative estimate of drug-likeness (QED) is 0.498. The number of nitrogens with zero attached hydrogens (tertiary/aromatic N) is 1. The van der Waals surface area contributed by atoms with Crippen LogP contribution in [0.1, 0.15) is 28.4 Å². The number of aryl methyl sites for hydroxylation is 1. The molecule has 22 heavy (non-hydrogen) atoms. The van der Waals surface area contributed by atoms with Gasteiger partial charge in [0.05, 0.1) is 10.2 Å². The average Bonchev–Trinajstić information content (AvgIpc) is 2.46. The van der Waals surface area contributed by atoms with E-state index in [1.165, 1.54) is 0 Å². The normalized spacial score (nSPS) is 10.4. The van der Waals surface area contributed by atoms with Crippen molar-refractivity contribution in [2.45, 2.75) is 20.5 Å². The van der Waals surface area contributed by atoms with Crippen LogP contribution in [-0.2, 0) is 6.61 Å². The number of nitrogens with two attached hydrogens (primary N) is 1. The fourth-order valence-corrected chi connectivity index (χ4v) is 2.69. The molecule has 0 radical (unpaired) electrons. The van der Waals surface area contributed by atoms with Gasteiger partial charge in [-0.1, -0.05) is 12.1 Å². The van der Waals surface area contributed by atoms with E-state index in [1.807, 2.05) is 25.1 Å². The first-order valence-electron chi connectivity index (χ1n) is 6.90. The van der Waals surface area contributed by atoms with Gasteiger partial charge in [-0.2, -0.15) is 0 Å². The van der Waals surface area contributed by atoms with Crippen molar-refractivity contribution < 1.29 is 9.53 Å². The van der Waals surface area contributed by atoms with Gasteiger partial charge in [0.15, 0.2) is 5.78 Å². The number of Topliss-reactive ketones (excluding diaryl/α,β-unsaturated/α-hetero) is 1. The van der Waals surface area contributed by atoms with Crippen molar-refractivity contribution in [1.82, 2.24) is 0 Å². The lowest BCUT2D eigenvalue weighted by Crippen LogP contribution is -2.26. The predicted molar refractivity (Wildman–Crippen MR) is 92.2 cm³/mol. The molecular weight excluding hydrogens is 344 g/mol. The van der Waals surface area contributed by atoms with E-state index in [1.54, 1.807) is 37.2 Å². The molecule has 4 nitrogen and oxygen atoms in total. The Morgan fingerprint density at radius 1 is 1.32 bits per heavy atom. The lowest BCUT2D eigenvalue weighted by molar-refractivity contribution is 0.101. The third-order valence-corrected chi connectivity index (χ3v) is 4.10. The Bertz CT molecular complexity index is 699. The van der Waals surface area contributed by atoms with Gasteiger partial charge in [0, 0.05) is 18.2 Å². The highest BCUT2D eigenvalue weighted by atomic mass is 79.9. The van der Waals surface area contributed by atoms with Crippen LogP contribution in [0.4, 0.5) is 5.69 Å². The minimum atomic E-state index is 0.0261. The number of rotatable bonds is 5. The fourth-order valence-electron chi connectivity index (χ4n) is 2.19. The molecule has 0 heterocycles. The first-order chi connectivity index (χ1) is 10.4. The number of benzene rings is 2. The molecule has 0 aromatic heterocycles. The van der Waals surface area contributed by atoms with Crippen molar-refractivity contribution in [2.75, 3.05) is 12.1 Å². The second-order valence-corrected chi connectivity index (χ2v) is 6.03. The van der Waals surface area contributed by atoms with Crippen molar-refractivity contribution >= 4 is 27.4 Å². The van der Waals surface area contributed by atoms with Gasteiger partial charge in [-0.05, 0) is 59.6 Å². The molecule has 0 aliphatic carbocycles. The summed E-state index contributed by atoms with van der Waals surface area (Å²) in [6.07, 6.45) is 0. The summed E-state index contributed by atoms with van der Waals surface area (Å²) >= 11 is 3.44. The van der Waals surface area contributed by atoms with E-state index in [2.05, 4.69) is 15.9 Å². The molecule has 2 rings (SSSR count). The summed E-state index contributed by atoms with van der Waals surface area (Å²) in [5, 5.41) is 1.58. The van der Waals surface area contributed by atoms with Gasteiger partial charge in [-0.15, -0.1) is 0 Å². The number of hydrazine groups is 1. The van der Waals surface area contributed by atoms with E-state index < -0.39 is 0 Å². The molecule has 0 bridgehead atoms. The van der Waals surface area contributed by atoms with E-state index in [9.17, 15) is 4.79 Å². The Morgan fingerprint density at radius 2 is 2.05 bits per heavy atom. The summed E-state index contributed by atoms with van der Waals surface area (Å²) in [5.74, 6) is 6.59. The zero-order valence-corrected chi connectivity index (χ0v) is 14.5. The molecule has 0 aliphatic rings. The summed E-state index contributed by atoms with van der Waals surface area (Å²) in [5.41, 5.74) is 3.73. The zero-order chi connectivity index (χ0) is 16.3. The van der Waals surface area contributed by atoms with Crippen molar-refractivity contribution in [3.8, 4) is 5.75 Å². The lowest BCUT2D eigenvalue weighted by atomic mass is 10.1. The minimum absolute atomic E-state index is 0.0261. The van der Waals surface area contributed by atoms with Crippen LogP contribution in [0.15, 0.2) is 40.9 Å². The van der Waals surface area contributed by atoms with Gasteiger partial charge in [0.1, 0.15) is 12.4 Å². The number of hydrogen-bond donors (Lipinski definition) is 1. The van der Waals surface area contributed by atoms with Gasteiger partial charge < -0.3 is 9.75 Å². The molecule has 2 aromatic rings. The highest BCUT2D eigenvalue weighted by Gasteiger charge is 2.11. The Hall–Kier alpha value is -1.85. The highest BCUT2D eigenvalue weighted by molar-refractivity contribution is 9.10. The van der Waals surface area contributed by atoms with Crippen LogP contribution in [-0.4, -0.2) is 12.8 Å². The van der Waals surface area contributed by atoms with Gasteiger partial charge in [0.25, 0.3) is 0 Å². The van der Waals surface area contributed by atoms with Crippen LogP contribution < -0.4 is 15.6 Å². The number of halogens is 1. The maximum Gasteiger partial charge on any atom is 0.159 e. The van der Waals surface area contributed by atoms with E-state index in [4.69, 9.17) is 10.6 Å². The fraction of sp³-hybridized carbons (Fsp3) is 0.235. The average molecular weight is 363 g/mol. The standard InChI is InChI=1S/C17H19BrN2O2/c1-11-5-4-6-16(20(3)19)14(11)10-22-17-8-7-13(12(2)21)9-15(17)18/h4-9H,10,19H2,1-3H3. The van der Waals surface area contributed by atoms with Gasteiger partial charge in [0.2, 0.25) is 0 Å². The molecule has 2 N–H and O–H groups in total. The van der Waals surface area contributed by atoms with Crippen molar-refractivity contribution in [1.29, 1.82) is 0 Å². The highest BCUT2D eigenvalue weighted by Crippen LogP contribution is 2.29. The van der Waals surface area contributed by atoms with Crippen LogP contribution >= 0.6 is 15.9 Å². The maximum absolute atomic E-state index is 11.4. The molecule has 0 unspecified atom stereocenters. The third-order valence-electron chi connectivity index (χ3n) is 3.48. The van der Waals surface area contributed by atoms with Crippen LogP contribution in [0.25, 0.3) is 0 Å². The van der Waals surface area contributed by atoms with Crippen LogP contribution in [0.3, 0.4) is 0 Å². The van der Waals surface area contributed by atoms with Crippen molar-refractivity contribution in [3.63, 3.8) is 0 Å². The van der Waals surface area contributed by atoms with Crippen molar-refractivity contribution in [3.05, 3.63) is 57.6 Å². The molecule has 0 fully saturated rings. The van der Waals surface area contributed by atoms with Crippen LogP contribution in [0.5, 0.6) is 5.75 Å². The molecule has 5 heteroatoms. The summed E-state index contributed by atoms with van der Waals surface area (Å²) in [6, 6.07) is 11.3. The molecule has 0 amide bonds. The molecule has 0 aliphatic heterocycles. The zero-order valence-electron chi connectivity index (χ0n) is 12.9. The lowest BCUT2D eigenvalue weighted by Gasteiger charge is -2.19. The number of carbonyl (C=O) groups excluding carboxylic acids is 1. The summed E-state index contributed by atoms with van der Waals surface area (Å²) in [6.45, 7) is 3.97. The van der Waals surface area contributed by atoms with E-state index in [-0.39, 0.29) is 5.78 Å². The molecule has 116 valence electrons. The summed E-state index contributed by atoms with van der Waals surface area (Å²) < 4.78 is 6.65. The number of ether oxygens (including phenoxy) is 1. The van der Waals surface area contributed by atoms with Gasteiger partial charge in [-0.3, -0.25) is 4.79 Å². The SMILES string of the molecule is CC(=O)c1ccc(OCc2c(C)cccc2N(C)N)c(Br)c1. The molecule has 2 aromatic carbocycles. The van der Waals surface area contributed by atoms with Crippen LogP contribution in [0.2, 0.25) is 0 Å². The molecule has 0 atom stereocenters. The Labute approximate surface area is 139 Å². The molecule has 0 spiro atoms. The molecular formula is C17H19BrN2O2. The van der Waals surface area contributed by atoms with E-state index >= 15 is 0 Å². The number of carbonyl (C=O) groups is 1.